The van der Waals surface area contributed by atoms with Crippen LogP contribution in [0, 0.1) is 0 Å². The molecule has 3 aromatic rings. The second-order valence-electron chi connectivity index (χ2n) is 5.88. The minimum atomic E-state index is -0.116. The highest BCUT2D eigenvalue weighted by atomic mass is 32.2. The molecule has 1 saturated heterocycles. The smallest absolute Gasteiger partial charge is 0.258 e. The molecule has 1 amide bonds. The van der Waals surface area contributed by atoms with Gasteiger partial charge in [-0.25, -0.2) is 4.98 Å². The summed E-state index contributed by atoms with van der Waals surface area (Å²) in [6, 6.07) is 15.6. The van der Waals surface area contributed by atoms with Crippen LogP contribution in [0.1, 0.15) is 23.2 Å². The predicted octanol–water partition coefficient (Wildman–Crippen LogP) is 4.82. The van der Waals surface area contributed by atoms with E-state index in [1.807, 2.05) is 48.5 Å². The summed E-state index contributed by atoms with van der Waals surface area (Å²) >= 11 is 3.18. The first-order valence-corrected chi connectivity index (χ1v) is 10.1. The fourth-order valence-corrected chi connectivity index (χ4v) is 4.81. The fraction of sp³-hybridized carbons (Fsp3) is 0.263. The highest BCUT2D eigenvalue weighted by molar-refractivity contribution is 7.99. The van der Waals surface area contributed by atoms with E-state index in [0.717, 1.165) is 40.3 Å². The Labute approximate surface area is 154 Å². The Morgan fingerprint density at radius 2 is 2.08 bits per heavy atom. The standard InChI is InChI=1S/C19H18N2O2S2/c22-18(21-19-20-15-8-2-4-10-17(15)25-19)14-7-1-3-9-16(14)24-12-13-6-5-11-23-13/h1-4,7-10,13H,5-6,11-12H2,(H,20,21,22)/t13-/m0/s1. The minimum absolute atomic E-state index is 0.116. The number of thiazole rings is 1. The maximum Gasteiger partial charge on any atom is 0.258 e. The second kappa shape index (κ2) is 7.56. The molecule has 1 aliphatic rings. The number of anilines is 1. The van der Waals surface area contributed by atoms with Crippen molar-refractivity contribution in [1.82, 2.24) is 4.98 Å². The van der Waals surface area contributed by atoms with E-state index in [1.54, 1.807) is 11.8 Å². The highest BCUT2D eigenvalue weighted by Gasteiger charge is 2.18. The predicted molar refractivity (Wildman–Crippen MR) is 104 cm³/mol. The highest BCUT2D eigenvalue weighted by Crippen LogP contribution is 2.29. The number of hydrogen-bond acceptors (Lipinski definition) is 5. The van der Waals surface area contributed by atoms with Gasteiger partial charge in [-0.15, -0.1) is 11.8 Å². The van der Waals surface area contributed by atoms with Crippen molar-refractivity contribution in [2.24, 2.45) is 0 Å². The van der Waals surface area contributed by atoms with Crippen LogP contribution in [-0.2, 0) is 4.74 Å². The van der Waals surface area contributed by atoms with E-state index >= 15 is 0 Å². The molecular weight excluding hydrogens is 352 g/mol. The Kier molecular flexibility index (Phi) is 5.01. The maximum atomic E-state index is 12.7. The molecule has 2 aromatic carbocycles. The Balaban J connectivity index is 1.49. The lowest BCUT2D eigenvalue weighted by atomic mass is 10.2. The number of thioether (sulfide) groups is 1. The zero-order valence-corrected chi connectivity index (χ0v) is 15.2. The Bertz CT molecular complexity index is 855. The number of carbonyl (C=O) groups excluding carboxylic acids is 1. The third kappa shape index (κ3) is 3.86. The summed E-state index contributed by atoms with van der Waals surface area (Å²) in [5.41, 5.74) is 1.59. The van der Waals surface area contributed by atoms with Crippen LogP contribution in [0.25, 0.3) is 10.2 Å². The second-order valence-corrected chi connectivity index (χ2v) is 7.98. The molecule has 25 heavy (non-hydrogen) atoms. The monoisotopic (exact) mass is 370 g/mol. The van der Waals surface area contributed by atoms with E-state index in [4.69, 9.17) is 4.74 Å². The van der Waals surface area contributed by atoms with Crippen LogP contribution in [0.5, 0.6) is 0 Å². The first-order valence-electron chi connectivity index (χ1n) is 8.30. The third-order valence-corrected chi connectivity index (χ3v) is 6.25. The fourth-order valence-electron chi connectivity index (χ4n) is 2.83. The summed E-state index contributed by atoms with van der Waals surface area (Å²) in [7, 11) is 0. The molecule has 0 unspecified atom stereocenters. The van der Waals surface area contributed by atoms with E-state index in [1.165, 1.54) is 11.3 Å². The van der Waals surface area contributed by atoms with Crippen LogP contribution < -0.4 is 5.32 Å². The van der Waals surface area contributed by atoms with Gasteiger partial charge in [-0.05, 0) is 37.1 Å². The number of benzene rings is 2. The SMILES string of the molecule is O=C(Nc1nc2ccccc2s1)c1ccccc1SC[C@@H]1CCCO1. The zero-order valence-electron chi connectivity index (χ0n) is 13.6. The van der Waals surface area contributed by atoms with Crippen molar-refractivity contribution < 1.29 is 9.53 Å². The molecule has 2 heterocycles. The van der Waals surface area contributed by atoms with Crippen molar-refractivity contribution in [1.29, 1.82) is 0 Å². The van der Waals surface area contributed by atoms with Gasteiger partial charge in [0.05, 0.1) is 21.9 Å². The van der Waals surface area contributed by atoms with Crippen molar-refractivity contribution in [3.63, 3.8) is 0 Å². The molecule has 128 valence electrons. The molecule has 1 aliphatic heterocycles. The molecule has 6 heteroatoms. The van der Waals surface area contributed by atoms with Gasteiger partial charge in [0.2, 0.25) is 0 Å². The lowest BCUT2D eigenvalue weighted by Gasteiger charge is -2.11. The Morgan fingerprint density at radius 1 is 1.24 bits per heavy atom. The maximum absolute atomic E-state index is 12.7. The minimum Gasteiger partial charge on any atom is -0.377 e. The van der Waals surface area contributed by atoms with Crippen molar-refractivity contribution >= 4 is 44.4 Å². The van der Waals surface area contributed by atoms with E-state index in [-0.39, 0.29) is 5.91 Å². The normalized spacial score (nSPS) is 17.0. The summed E-state index contributed by atoms with van der Waals surface area (Å²) in [6.07, 6.45) is 2.53. The molecule has 1 N–H and O–H groups in total. The van der Waals surface area contributed by atoms with Gasteiger partial charge in [-0.1, -0.05) is 35.6 Å². The van der Waals surface area contributed by atoms with Crippen LogP contribution in [0.4, 0.5) is 5.13 Å². The van der Waals surface area contributed by atoms with Crippen molar-refractivity contribution in [3.8, 4) is 0 Å². The summed E-state index contributed by atoms with van der Waals surface area (Å²) in [5, 5.41) is 3.57. The number of nitrogens with one attached hydrogen (secondary N) is 1. The number of hydrogen-bond donors (Lipinski definition) is 1. The topological polar surface area (TPSA) is 51.2 Å². The van der Waals surface area contributed by atoms with Crippen LogP contribution in [0.3, 0.4) is 0 Å². The molecular formula is C19H18N2O2S2. The molecule has 0 spiro atoms. The largest absolute Gasteiger partial charge is 0.377 e. The van der Waals surface area contributed by atoms with Crippen LogP contribution in [0.15, 0.2) is 53.4 Å². The van der Waals surface area contributed by atoms with Crippen molar-refractivity contribution in [2.45, 2.75) is 23.8 Å². The van der Waals surface area contributed by atoms with Gasteiger partial charge < -0.3 is 4.74 Å². The lowest BCUT2D eigenvalue weighted by molar-refractivity contribution is 0.102. The van der Waals surface area contributed by atoms with Crippen LogP contribution >= 0.6 is 23.1 Å². The van der Waals surface area contributed by atoms with Crippen molar-refractivity contribution in [2.75, 3.05) is 17.7 Å². The van der Waals surface area contributed by atoms with Gasteiger partial charge in [-0.3, -0.25) is 10.1 Å². The van der Waals surface area contributed by atoms with E-state index in [2.05, 4.69) is 10.3 Å². The molecule has 1 fully saturated rings. The van der Waals surface area contributed by atoms with Gasteiger partial charge >= 0.3 is 0 Å². The van der Waals surface area contributed by atoms with E-state index in [9.17, 15) is 4.79 Å². The number of amides is 1. The molecule has 0 aliphatic carbocycles. The zero-order chi connectivity index (χ0) is 17.1. The quantitative estimate of drug-likeness (QED) is 0.654. The summed E-state index contributed by atoms with van der Waals surface area (Å²) in [6.45, 7) is 0.852. The molecule has 1 aromatic heterocycles. The number of ether oxygens (including phenoxy) is 1. The number of aromatic nitrogens is 1. The Hall–Kier alpha value is -1.89. The summed E-state index contributed by atoms with van der Waals surface area (Å²) < 4.78 is 6.74. The summed E-state index contributed by atoms with van der Waals surface area (Å²) in [5.74, 6) is 0.764. The average molecular weight is 370 g/mol. The van der Waals surface area contributed by atoms with E-state index < -0.39 is 0 Å². The number of rotatable bonds is 5. The number of para-hydroxylation sites is 1. The molecule has 4 nitrogen and oxygen atoms in total. The van der Waals surface area contributed by atoms with Crippen LogP contribution in [-0.4, -0.2) is 29.4 Å². The van der Waals surface area contributed by atoms with E-state index in [0.29, 0.717) is 16.8 Å². The Morgan fingerprint density at radius 3 is 2.92 bits per heavy atom. The molecule has 4 rings (SSSR count). The first-order chi connectivity index (χ1) is 12.3. The number of carbonyl (C=O) groups is 1. The lowest BCUT2D eigenvalue weighted by Crippen LogP contribution is -2.14. The summed E-state index contributed by atoms with van der Waals surface area (Å²) in [4.78, 5) is 18.2. The third-order valence-electron chi connectivity index (χ3n) is 4.09. The van der Waals surface area contributed by atoms with Crippen molar-refractivity contribution in [3.05, 3.63) is 54.1 Å². The molecule has 0 radical (unpaired) electrons. The molecule has 1 atom stereocenters. The van der Waals surface area contributed by atoms with Gasteiger partial charge in [0, 0.05) is 17.3 Å². The van der Waals surface area contributed by atoms with Crippen LogP contribution in [0.2, 0.25) is 0 Å². The first kappa shape index (κ1) is 16.6. The number of nitrogens with zero attached hydrogens (tertiary/aromatic N) is 1. The average Bonchev–Trinajstić information content (AvgIpc) is 3.29. The molecule has 0 bridgehead atoms. The van der Waals surface area contributed by atoms with Gasteiger partial charge in [-0.2, -0.15) is 0 Å². The van der Waals surface area contributed by atoms with Gasteiger partial charge in [0.25, 0.3) is 5.91 Å². The van der Waals surface area contributed by atoms with Gasteiger partial charge in [0.1, 0.15) is 0 Å². The van der Waals surface area contributed by atoms with Gasteiger partial charge in [0.15, 0.2) is 5.13 Å². The number of fused-ring (bicyclic) bond motifs is 1. The molecule has 0 saturated carbocycles.